The molecule has 0 aromatic heterocycles. The zero-order chi connectivity index (χ0) is 8.65. The maximum atomic E-state index is 10.6. The number of urea groups is 1. The van der Waals surface area contributed by atoms with Gasteiger partial charge in [0.2, 0.25) is 5.96 Å². The highest BCUT2D eigenvalue weighted by molar-refractivity contribution is 7.90. The zero-order valence-electron chi connectivity index (χ0n) is 5.39. The van der Waals surface area contributed by atoms with Gasteiger partial charge < -0.3 is 11.5 Å². The summed E-state index contributed by atoms with van der Waals surface area (Å²) >= 11 is 0. The Morgan fingerprint density at radius 3 is 2.36 bits per heavy atom. The Morgan fingerprint density at radius 2 is 2.18 bits per heavy atom. The first-order chi connectivity index (χ1) is 4.92. The normalized spacial score (nSPS) is 21.5. The molecule has 0 saturated heterocycles. The number of carbonyl (C=O) groups excluding carboxylic acids is 1. The molecular weight excluding hydrogens is 172 g/mol. The predicted octanol–water partition coefficient (Wildman–Crippen LogP) is -2.02. The van der Waals surface area contributed by atoms with E-state index in [1.54, 1.807) is 0 Å². The summed E-state index contributed by atoms with van der Waals surface area (Å²) in [4.78, 5) is 11.1. The van der Waals surface area contributed by atoms with Crippen LogP contribution >= 0.6 is 0 Å². The van der Waals surface area contributed by atoms with Crippen molar-refractivity contribution in [2.45, 2.75) is 0 Å². The van der Waals surface area contributed by atoms with Crippen LogP contribution in [0.3, 0.4) is 0 Å². The quantitative estimate of drug-likeness (QED) is 0.445. The number of hydrogen-bond donors (Lipinski definition) is 2. The number of guanidine groups is 1. The fourth-order valence-electron chi connectivity index (χ4n) is 0.626. The van der Waals surface area contributed by atoms with E-state index in [4.69, 9.17) is 11.5 Å². The molecule has 2 amide bonds. The van der Waals surface area contributed by atoms with Gasteiger partial charge in [-0.05, 0) is 0 Å². The van der Waals surface area contributed by atoms with Crippen LogP contribution in [0.2, 0.25) is 0 Å². The standard InChI is InChI=1S/C3H6N4O3S/c4-2-6-11(9,10)1-7(2)3(5)8/h1H2,(H2,4,6)(H2,5,8). The first-order valence-electron chi connectivity index (χ1n) is 2.57. The Kier molecular flexibility index (Phi) is 1.48. The Bertz CT molecular complexity index is 317. The van der Waals surface area contributed by atoms with Gasteiger partial charge in [0.1, 0.15) is 0 Å². The summed E-state index contributed by atoms with van der Waals surface area (Å²) < 4.78 is 24.3. The van der Waals surface area contributed by atoms with Crippen LogP contribution in [0, 0.1) is 0 Å². The first-order valence-corrected chi connectivity index (χ1v) is 4.18. The molecule has 0 aliphatic carbocycles. The summed E-state index contributed by atoms with van der Waals surface area (Å²) in [6.45, 7) is 0. The van der Waals surface area contributed by atoms with E-state index in [1.165, 1.54) is 0 Å². The zero-order valence-corrected chi connectivity index (χ0v) is 6.21. The second-order valence-electron chi connectivity index (χ2n) is 1.93. The second-order valence-corrected chi connectivity index (χ2v) is 3.53. The van der Waals surface area contributed by atoms with Gasteiger partial charge in [-0.3, -0.25) is 0 Å². The minimum absolute atomic E-state index is 0.377. The molecule has 1 rings (SSSR count). The highest BCUT2D eigenvalue weighted by Gasteiger charge is 2.29. The Hall–Kier alpha value is -1.31. The van der Waals surface area contributed by atoms with Gasteiger partial charge in [-0.1, -0.05) is 0 Å². The van der Waals surface area contributed by atoms with Gasteiger partial charge in [0.25, 0.3) is 10.0 Å². The number of nitrogens with two attached hydrogens (primary N) is 2. The lowest BCUT2D eigenvalue weighted by atomic mass is 10.8. The number of carbonyl (C=O) groups is 1. The number of rotatable bonds is 0. The van der Waals surface area contributed by atoms with Crippen molar-refractivity contribution in [2.75, 3.05) is 5.88 Å². The molecule has 1 aliphatic heterocycles. The lowest BCUT2D eigenvalue weighted by Crippen LogP contribution is -2.42. The van der Waals surface area contributed by atoms with E-state index < -0.39 is 21.9 Å². The van der Waals surface area contributed by atoms with Crippen molar-refractivity contribution in [3.05, 3.63) is 0 Å². The van der Waals surface area contributed by atoms with E-state index >= 15 is 0 Å². The summed E-state index contributed by atoms with van der Waals surface area (Å²) in [6, 6.07) is -0.924. The number of primary amides is 1. The number of nitrogens with zero attached hydrogens (tertiary/aromatic N) is 2. The first kappa shape index (κ1) is 7.79. The molecule has 0 radical (unpaired) electrons. The fraction of sp³-hybridized carbons (Fsp3) is 0.333. The third-order valence-electron chi connectivity index (χ3n) is 1.07. The van der Waals surface area contributed by atoms with E-state index in [9.17, 15) is 13.2 Å². The van der Waals surface area contributed by atoms with E-state index in [1.807, 2.05) is 0 Å². The molecule has 7 nitrogen and oxygen atoms in total. The molecule has 0 saturated carbocycles. The highest BCUT2D eigenvalue weighted by Crippen LogP contribution is 2.06. The van der Waals surface area contributed by atoms with Crippen LogP contribution in [0.4, 0.5) is 4.79 Å². The summed E-state index contributed by atoms with van der Waals surface area (Å²) in [7, 11) is -3.60. The van der Waals surface area contributed by atoms with Crippen molar-refractivity contribution < 1.29 is 13.2 Å². The average molecular weight is 178 g/mol. The number of hydrogen-bond acceptors (Lipinski definition) is 4. The van der Waals surface area contributed by atoms with Gasteiger partial charge >= 0.3 is 6.03 Å². The van der Waals surface area contributed by atoms with Crippen LogP contribution in [0.25, 0.3) is 0 Å². The van der Waals surface area contributed by atoms with Crippen LogP contribution < -0.4 is 11.5 Å². The van der Waals surface area contributed by atoms with Crippen molar-refractivity contribution in [1.82, 2.24) is 4.90 Å². The maximum Gasteiger partial charge on any atom is 0.322 e. The molecule has 1 heterocycles. The minimum atomic E-state index is -3.60. The minimum Gasteiger partial charge on any atom is -0.368 e. The van der Waals surface area contributed by atoms with Crippen molar-refractivity contribution in [1.29, 1.82) is 0 Å². The van der Waals surface area contributed by atoms with E-state index in [0.29, 0.717) is 4.90 Å². The molecule has 0 atom stereocenters. The molecule has 0 spiro atoms. The van der Waals surface area contributed by atoms with Gasteiger partial charge in [-0.15, -0.1) is 4.40 Å². The average Bonchev–Trinajstić information content (AvgIpc) is 2.05. The summed E-state index contributed by atoms with van der Waals surface area (Å²) in [6.07, 6.45) is 0. The molecular formula is C3H6N4O3S. The predicted molar refractivity (Wildman–Crippen MR) is 36.8 cm³/mol. The van der Waals surface area contributed by atoms with Crippen LogP contribution in [-0.4, -0.2) is 31.2 Å². The third kappa shape index (κ3) is 1.40. The molecule has 0 unspecified atom stereocenters. The van der Waals surface area contributed by atoms with Gasteiger partial charge in [0.05, 0.1) is 0 Å². The lowest BCUT2D eigenvalue weighted by molar-refractivity contribution is 0.234. The Balaban J connectivity index is 2.98. The Morgan fingerprint density at radius 1 is 1.64 bits per heavy atom. The van der Waals surface area contributed by atoms with Crippen molar-refractivity contribution in [2.24, 2.45) is 15.9 Å². The molecule has 0 aromatic rings. The third-order valence-corrected chi connectivity index (χ3v) is 2.12. The maximum absolute atomic E-state index is 10.6. The largest absolute Gasteiger partial charge is 0.368 e. The fourth-order valence-corrected chi connectivity index (χ4v) is 1.65. The van der Waals surface area contributed by atoms with Gasteiger partial charge in [-0.2, -0.15) is 0 Å². The van der Waals surface area contributed by atoms with Crippen LogP contribution in [0.15, 0.2) is 4.40 Å². The van der Waals surface area contributed by atoms with Crippen molar-refractivity contribution in [3.63, 3.8) is 0 Å². The molecule has 8 heteroatoms. The van der Waals surface area contributed by atoms with Gasteiger partial charge in [0, 0.05) is 0 Å². The van der Waals surface area contributed by atoms with Crippen molar-refractivity contribution in [3.8, 4) is 0 Å². The highest BCUT2D eigenvalue weighted by atomic mass is 32.2. The van der Waals surface area contributed by atoms with Crippen LogP contribution in [0.1, 0.15) is 0 Å². The number of sulfonamides is 1. The van der Waals surface area contributed by atoms with Crippen LogP contribution in [0.5, 0.6) is 0 Å². The van der Waals surface area contributed by atoms with Gasteiger partial charge in [0.15, 0.2) is 5.88 Å². The SMILES string of the molecule is NC(=O)N1CS(=O)(=O)N=C1N. The summed E-state index contributed by atoms with van der Waals surface area (Å²) in [5.41, 5.74) is 9.82. The number of amides is 2. The summed E-state index contributed by atoms with van der Waals surface area (Å²) in [5, 5.41) is 0. The molecule has 0 aromatic carbocycles. The lowest BCUT2D eigenvalue weighted by Gasteiger charge is -2.08. The van der Waals surface area contributed by atoms with Crippen LogP contribution in [-0.2, 0) is 10.0 Å². The second kappa shape index (κ2) is 2.09. The van der Waals surface area contributed by atoms with Gasteiger partial charge in [-0.25, -0.2) is 18.1 Å². The molecule has 4 N–H and O–H groups in total. The van der Waals surface area contributed by atoms with E-state index in [0.717, 1.165) is 0 Å². The monoisotopic (exact) mass is 178 g/mol. The van der Waals surface area contributed by atoms with E-state index in [2.05, 4.69) is 4.40 Å². The summed E-state index contributed by atoms with van der Waals surface area (Å²) in [5.74, 6) is -0.939. The molecule has 0 fully saturated rings. The molecule has 62 valence electrons. The molecule has 0 bridgehead atoms. The topological polar surface area (TPSA) is 119 Å². The smallest absolute Gasteiger partial charge is 0.322 e. The van der Waals surface area contributed by atoms with E-state index in [-0.39, 0.29) is 5.96 Å². The Labute approximate surface area is 62.7 Å². The molecule has 11 heavy (non-hydrogen) atoms. The van der Waals surface area contributed by atoms with Crippen molar-refractivity contribution >= 4 is 22.0 Å². The molecule has 1 aliphatic rings.